The van der Waals surface area contributed by atoms with Crippen molar-refractivity contribution in [3.63, 3.8) is 0 Å². The lowest BCUT2D eigenvalue weighted by molar-refractivity contribution is -0.152. The number of carbonyl (C=O) groups excluding carboxylic acids is 2. The highest BCUT2D eigenvalue weighted by Crippen LogP contribution is 2.23. The first-order chi connectivity index (χ1) is 8.99. The number of ether oxygens (including phenoxy) is 2. The van der Waals surface area contributed by atoms with Crippen LogP contribution in [-0.4, -0.2) is 32.6 Å². The summed E-state index contributed by atoms with van der Waals surface area (Å²) in [4.78, 5) is 22.1. The fourth-order valence-electron chi connectivity index (χ4n) is 1.71. The van der Waals surface area contributed by atoms with Crippen LogP contribution in [0, 0.1) is 13.8 Å². The van der Waals surface area contributed by atoms with Crippen molar-refractivity contribution in [2.75, 3.05) is 20.8 Å². The molecular formula is C14H19NO4. The topological polar surface area (TPSA) is 64.6 Å². The van der Waals surface area contributed by atoms with Crippen LogP contribution in [0.4, 0.5) is 0 Å². The number of hydrogen-bond donors (Lipinski definition) is 1. The number of rotatable bonds is 4. The zero-order valence-corrected chi connectivity index (χ0v) is 11.7. The third-order valence-electron chi connectivity index (χ3n) is 2.95. The Kier molecular flexibility index (Phi) is 5.36. The quantitative estimate of drug-likeness (QED) is 0.655. The summed E-state index contributed by atoms with van der Waals surface area (Å²) in [5.41, 5.74) is 3.31. The zero-order valence-electron chi connectivity index (χ0n) is 11.7. The molecule has 1 aromatic rings. The Hall–Kier alpha value is -2.04. The molecule has 0 radical (unpaired) electrons. The van der Waals surface area contributed by atoms with Gasteiger partial charge in [0, 0.05) is 6.54 Å². The highest BCUT2D eigenvalue weighted by Gasteiger charge is 2.13. The molecule has 0 atom stereocenters. The van der Waals surface area contributed by atoms with Gasteiger partial charge in [-0.05, 0) is 43.0 Å². The van der Waals surface area contributed by atoms with Gasteiger partial charge < -0.3 is 14.8 Å². The van der Waals surface area contributed by atoms with Crippen LogP contribution in [0.3, 0.4) is 0 Å². The summed E-state index contributed by atoms with van der Waals surface area (Å²) >= 11 is 0. The Morgan fingerprint density at radius 3 is 2.37 bits per heavy atom. The van der Waals surface area contributed by atoms with E-state index in [2.05, 4.69) is 10.1 Å². The van der Waals surface area contributed by atoms with Crippen molar-refractivity contribution in [3.8, 4) is 5.75 Å². The molecule has 0 fully saturated rings. The lowest BCUT2D eigenvalue weighted by atomic mass is 10.0. The largest absolute Gasteiger partial charge is 0.496 e. The molecule has 0 aromatic heterocycles. The fraction of sp³-hybridized carbons (Fsp3) is 0.429. The lowest BCUT2D eigenvalue weighted by Crippen LogP contribution is -2.33. The molecule has 1 aromatic carbocycles. The summed E-state index contributed by atoms with van der Waals surface area (Å²) in [6, 6.07) is 3.99. The number of methoxy groups -OCH3 is 2. The number of amides is 1. The fourth-order valence-corrected chi connectivity index (χ4v) is 1.71. The molecule has 0 saturated heterocycles. The van der Waals surface area contributed by atoms with E-state index >= 15 is 0 Å². The van der Waals surface area contributed by atoms with Crippen LogP contribution >= 0.6 is 0 Å². The minimum absolute atomic E-state index is 0.354. The average molecular weight is 265 g/mol. The van der Waals surface area contributed by atoms with E-state index in [-0.39, 0.29) is 0 Å². The Balaban J connectivity index is 2.65. The number of aryl methyl sites for hydroxylation is 2. The molecule has 19 heavy (non-hydrogen) atoms. The predicted molar refractivity (Wildman–Crippen MR) is 71.2 cm³/mol. The second-order valence-electron chi connectivity index (χ2n) is 4.25. The molecule has 1 amide bonds. The van der Waals surface area contributed by atoms with Gasteiger partial charge in [-0.2, -0.15) is 0 Å². The molecule has 1 N–H and O–H groups in total. The number of benzene rings is 1. The number of hydrogen-bond acceptors (Lipinski definition) is 4. The van der Waals surface area contributed by atoms with Crippen molar-refractivity contribution in [2.24, 2.45) is 0 Å². The van der Waals surface area contributed by atoms with Crippen LogP contribution < -0.4 is 10.1 Å². The van der Waals surface area contributed by atoms with E-state index in [9.17, 15) is 9.59 Å². The van der Waals surface area contributed by atoms with Crippen LogP contribution in [0.5, 0.6) is 5.75 Å². The molecule has 104 valence electrons. The van der Waals surface area contributed by atoms with Crippen molar-refractivity contribution < 1.29 is 19.1 Å². The van der Waals surface area contributed by atoms with Crippen molar-refractivity contribution in [1.29, 1.82) is 0 Å². The van der Waals surface area contributed by atoms with Crippen LogP contribution in [-0.2, 0) is 20.7 Å². The Bertz CT molecular complexity index is 483. The smallest absolute Gasteiger partial charge is 0.396 e. The average Bonchev–Trinajstić information content (AvgIpc) is 2.41. The normalized spacial score (nSPS) is 9.89. The van der Waals surface area contributed by atoms with Crippen molar-refractivity contribution >= 4 is 11.9 Å². The predicted octanol–water partition coefficient (Wildman–Crippen LogP) is 1.14. The van der Waals surface area contributed by atoms with Crippen molar-refractivity contribution in [3.05, 3.63) is 28.8 Å². The van der Waals surface area contributed by atoms with Crippen LogP contribution in [0.15, 0.2) is 12.1 Å². The Morgan fingerprint density at radius 1 is 1.16 bits per heavy atom. The SMILES string of the molecule is COC(=O)C(=O)NCCc1cc(C)c(C)cc1OC. The van der Waals surface area contributed by atoms with Gasteiger partial charge in [0.05, 0.1) is 14.2 Å². The van der Waals surface area contributed by atoms with Crippen LogP contribution in [0.2, 0.25) is 0 Å². The van der Waals surface area contributed by atoms with Gasteiger partial charge in [0.25, 0.3) is 0 Å². The highest BCUT2D eigenvalue weighted by molar-refractivity contribution is 6.32. The van der Waals surface area contributed by atoms with Gasteiger partial charge in [0.1, 0.15) is 5.75 Å². The maximum Gasteiger partial charge on any atom is 0.396 e. The van der Waals surface area contributed by atoms with Gasteiger partial charge in [-0.3, -0.25) is 4.79 Å². The summed E-state index contributed by atoms with van der Waals surface area (Å²) in [6.45, 7) is 4.39. The van der Waals surface area contributed by atoms with E-state index < -0.39 is 11.9 Å². The van der Waals surface area contributed by atoms with Crippen LogP contribution in [0.1, 0.15) is 16.7 Å². The highest BCUT2D eigenvalue weighted by atomic mass is 16.5. The minimum Gasteiger partial charge on any atom is -0.496 e. The van der Waals surface area contributed by atoms with Gasteiger partial charge in [0.2, 0.25) is 0 Å². The van der Waals surface area contributed by atoms with Gasteiger partial charge in [-0.15, -0.1) is 0 Å². The molecule has 1 rings (SSSR count). The third kappa shape index (κ3) is 3.98. The Labute approximate surface area is 112 Å². The molecule has 0 saturated carbocycles. The maximum absolute atomic E-state index is 11.2. The summed E-state index contributed by atoms with van der Waals surface area (Å²) in [5, 5.41) is 2.50. The molecular weight excluding hydrogens is 246 g/mol. The molecule has 0 aliphatic heterocycles. The Morgan fingerprint density at radius 2 is 1.79 bits per heavy atom. The number of esters is 1. The third-order valence-corrected chi connectivity index (χ3v) is 2.95. The van der Waals surface area contributed by atoms with E-state index in [1.54, 1.807) is 7.11 Å². The summed E-state index contributed by atoms with van der Waals surface area (Å²) < 4.78 is 9.62. The number of nitrogens with one attached hydrogen (secondary N) is 1. The van der Waals surface area contributed by atoms with E-state index in [0.29, 0.717) is 13.0 Å². The van der Waals surface area contributed by atoms with E-state index in [4.69, 9.17) is 4.74 Å². The molecule has 0 aliphatic carbocycles. The van der Waals surface area contributed by atoms with E-state index in [0.717, 1.165) is 22.4 Å². The summed E-state index contributed by atoms with van der Waals surface area (Å²) in [6.07, 6.45) is 0.590. The summed E-state index contributed by atoms with van der Waals surface area (Å²) in [7, 11) is 2.79. The minimum atomic E-state index is -0.882. The van der Waals surface area contributed by atoms with Gasteiger partial charge in [0.15, 0.2) is 0 Å². The molecule has 0 spiro atoms. The van der Waals surface area contributed by atoms with Crippen LogP contribution in [0.25, 0.3) is 0 Å². The molecule has 0 heterocycles. The molecule has 5 nitrogen and oxygen atoms in total. The lowest BCUT2D eigenvalue weighted by Gasteiger charge is -2.12. The van der Waals surface area contributed by atoms with Gasteiger partial charge in [-0.1, -0.05) is 6.07 Å². The van der Waals surface area contributed by atoms with Crippen molar-refractivity contribution in [2.45, 2.75) is 20.3 Å². The zero-order chi connectivity index (χ0) is 14.4. The maximum atomic E-state index is 11.2. The first-order valence-electron chi connectivity index (χ1n) is 5.99. The molecule has 0 aliphatic rings. The summed E-state index contributed by atoms with van der Waals surface area (Å²) in [5.74, 6) is -0.826. The van der Waals surface area contributed by atoms with E-state index in [1.165, 1.54) is 7.11 Å². The monoisotopic (exact) mass is 265 g/mol. The second kappa shape index (κ2) is 6.78. The first kappa shape index (κ1) is 15.0. The second-order valence-corrected chi connectivity index (χ2v) is 4.25. The first-order valence-corrected chi connectivity index (χ1v) is 5.99. The number of carbonyl (C=O) groups is 2. The van der Waals surface area contributed by atoms with Gasteiger partial charge in [-0.25, -0.2) is 4.79 Å². The van der Waals surface area contributed by atoms with Gasteiger partial charge >= 0.3 is 11.9 Å². The standard InChI is InChI=1S/C14H19NO4/c1-9-7-11(12(18-3)8-10(9)2)5-6-15-13(16)14(17)19-4/h7-8H,5-6H2,1-4H3,(H,15,16). The van der Waals surface area contributed by atoms with E-state index in [1.807, 2.05) is 26.0 Å². The molecule has 5 heteroatoms. The molecule has 0 bridgehead atoms. The molecule has 0 unspecified atom stereocenters. The van der Waals surface area contributed by atoms with Crippen molar-refractivity contribution in [1.82, 2.24) is 5.32 Å².